The zero-order chi connectivity index (χ0) is 19.2. The summed E-state index contributed by atoms with van der Waals surface area (Å²) in [5.41, 5.74) is 7.36. The summed E-state index contributed by atoms with van der Waals surface area (Å²) in [5.74, 6) is 1.39. The van der Waals surface area contributed by atoms with E-state index < -0.39 is 0 Å². The Hall–Kier alpha value is -2.84. The van der Waals surface area contributed by atoms with Crippen LogP contribution < -0.4 is 21.1 Å². The maximum atomic E-state index is 12.3. The first-order chi connectivity index (χ1) is 13.1. The fraction of sp³-hybridized carbons (Fsp3) is 0.368. The first-order valence-electron chi connectivity index (χ1n) is 8.95. The first kappa shape index (κ1) is 18.9. The van der Waals surface area contributed by atoms with Crippen molar-refractivity contribution < 1.29 is 14.6 Å². The summed E-state index contributed by atoms with van der Waals surface area (Å²) < 4.78 is 5.81. The predicted octanol–water partition coefficient (Wildman–Crippen LogP) is 1.89. The number of aromatic nitrogens is 1. The van der Waals surface area contributed by atoms with Crippen LogP contribution in [0.15, 0.2) is 36.5 Å². The molecule has 1 saturated heterocycles. The van der Waals surface area contributed by atoms with Gasteiger partial charge in [-0.1, -0.05) is 0 Å². The largest absolute Gasteiger partial charge is 0.457 e. The quantitative estimate of drug-likeness (QED) is 0.550. The normalized spacial score (nSPS) is 16.9. The molecule has 0 saturated carbocycles. The topological polar surface area (TPSA) is 113 Å². The van der Waals surface area contributed by atoms with Crippen LogP contribution in [-0.2, 0) is 4.79 Å². The van der Waals surface area contributed by atoms with Crippen molar-refractivity contribution in [2.45, 2.75) is 18.9 Å². The van der Waals surface area contributed by atoms with Gasteiger partial charge in [-0.2, -0.15) is 0 Å². The van der Waals surface area contributed by atoms with Gasteiger partial charge < -0.3 is 26.2 Å². The van der Waals surface area contributed by atoms with Crippen LogP contribution in [0.25, 0.3) is 0 Å². The van der Waals surface area contributed by atoms with Crippen LogP contribution in [0.1, 0.15) is 12.8 Å². The summed E-state index contributed by atoms with van der Waals surface area (Å²) in [5, 5.41) is 15.1. The minimum atomic E-state index is -0.164. The molecule has 1 aliphatic rings. The Morgan fingerprint density at radius 2 is 2.19 bits per heavy atom. The van der Waals surface area contributed by atoms with Gasteiger partial charge in [0.2, 0.25) is 5.91 Å². The molecule has 0 spiro atoms. The number of hydrogen-bond donors (Lipinski definition) is 4. The van der Waals surface area contributed by atoms with Gasteiger partial charge in [0.05, 0.1) is 24.5 Å². The number of carbonyl (C=O) groups excluding carboxylic acids is 1. The number of nitrogens with one attached hydrogen (secondary N) is 2. The van der Waals surface area contributed by atoms with E-state index in [1.165, 1.54) is 0 Å². The summed E-state index contributed by atoms with van der Waals surface area (Å²) in [6.45, 7) is 1.13. The number of pyridine rings is 1. The van der Waals surface area contributed by atoms with E-state index in [1.54, 1.807) is 31.4 Å². The number of nitrogen functional groups attached to an aromatic ring is 1. The third-order valence-electron chi connectivity index (χ3n) is 4.58. The molecule has 2 heterocycles. The van der Waals surface area contributed by atoms with Gasteiger partial charge in [-0.25, -0.2) is 4.98 Å². The number of aliphatic hydroxyl groups is 1. The molecule has 1 aliphatic heterocycles. The van der Waals surface area contributed by atoms with Gasteiger partial charge in [-0.3, -0.25) is 9.69 Å². The van der Waals surface area contributed by atoms with Gasteiger partial charge in [0.15, 0.2) is 0 Å². The smallest absolute Gasteiger partial charge is 0.239 e. The lowest BCUT2D eigenvalue weighted by Gasteiger charge is -2.21. The molecule has 1 atom stereocenters. The Morgan fingerprint density at radius 3 is 2.93 bits per heavy atom. The van der Waals surface area contributed by atoms with E-state index >= 15 is 0 Å². The van der Waals surface area contributed by atoms with Crippen LogP contribution in [0.4, 0.5) is 17.2 Å². The number of nitrogens with zero attached hydrogens (tertiary/aromatic N) is 2. The highest BCUT2D eigenvalue weighted by Crippen LogP contribution is 2.28. The molecule has 0 bridgehead atoms. The highest BCUT2D eigenvalue weighted by molar-refractivity contribution is 5.91. The predicted molar refractivity (Wildman–Crippen MR) is 105 cm³/mol. The summed E-state index contributed by atoms with van der Waals surface area (Å²) >= 11 is 0. The number of ether oxygens (including phenoxy) is 1. The second kappa shape index (κ2) is 8.70. The van der Waals surface area contributed by atoms with Gasteiger partial charge in [0.25, 0.3) is 0 Å². The lowest BCUT2D eigenvalue weighted by molar-refractivity contribution is -0.117. The molecular formula is C19H25N5O3. The van der Waals surface area contributed by atoms with E-state index in [1.807, 2.05) is 17.0 Å². The molecule has 0 unspecified atom stereocenters. The zero-order valence-electron chi connectivity index (χ0n) is 15.3. The molecule has 0 radical (unpaired) electrons. The fourth-order valence-electron chi connectivity index (χ4n) is 3.19. The van der Waals surface area contributed by atoms with Gasteiger partial charge >= 0.3 is 0 Å². The molecule has 1 aromatic carbocycles. The van der Waals surface area contributed by atoms with Crippen molar-refractivity contribution in [1.82, 2.24) is 9.88 Å². The molecule has 5 N–H and O–H groups in total. The standard InChI is InChI=1S/C19H25N5O3/c1-21-17-5-4-14(9-16(17)20)27-15-6-7-22-18(10-15)23-19(26)11-24-8-2-3-13(24)12-25/h4-7,9-10,13,21,25H,2-3,8,11-12,20H2,1H3,(H,22,23,26)/t13-/m0/s1. The van der Waals surface area contributed by atoms with Gasteiger partial charge in [-0.15, -0.1) is 0 Å². The lowest BCUT2D eigenvalue weighted by Crippen LogP contribution is -2.38. The van der Waals surface area contributed by atoms with Gasteiger partial charge in [-0.05, 0) is 37.6 Å². The van der Waals surface area contributed by atoms with Crippen LogP contribution in [0.2, 0.25) is 0 Å². The summed E-state index contributed by atoms with van der Waals surface area (Å²) in [7, 11) is 1.80. The second-order valence-electron chi connectivity index (χ2n) is 6.48. The Bertz CT molecular complexity index is 799. The number of hydrogen-bond acceptors (Lipinski definition) is 7. The number of nitrogens with two attached hydrogens (primary N) is 1. The van der Waals surface area contributed by atoms with E-state index in [0.717, 1.165) is 25.1 Å². The summed E-state index contributed by atoms with van der Waals surface area (Å²) in [6, 6.07) is 8.80. The average molecular weight is 371 g/mol. The third-order valence-corrected chi connectivity index (χ3v) is 4.58. The van der Waals surface area contributed by atoms with E-state index in [4.69, 9.17) is 10.5 Å². The van der Waals surface area contributed by atoms with Crippen LogP contribution in [0, 0.1) is 0 Å². The van der Waals surface area contributed by atoms with Crippen LogP contribution >= 0.6 is 0 Å². The van der Waals surface area contributed by atoms with Crippen molar-refractivity contribution in [3.05, 3.63) is 36.5 Å². The molecule has 8 nitrogen and oxygen atoms in total. The number of aliphatic hydroxyl groups excluding tert-OH is 1. The number of benzene rings is 1. The molecule has 1 amide bonds. The minimum Gasteiger partial charge on any atom is -0.457 e. The van der Waals surface area contributed by atoms with Crippen LogP contribution in [-0.4, -0.2) is 53.7 Å². The average Bonchev–Trinajstić information content (AvgIpc) is 3.09. The van der Waals surface area contributed by atoms with E-state index in [0.29, 0.717) is 23.0 Å². The van der Waals surface area contributed by atoms with E-state index in [2.05, 4.69) is 15.6 Å². The van der Waals surface area contributed by atoms with Crippen molar-refractivity contribution in [2.75, 3.05) is 43.1 Å². The highest BCUT2D eigenvalue weighted by Gasteiger charge is 2.25. The Labute approximate surface area is 158 Å². The number of rotatable bonds is 7. The van der Waals surface area contributed by atoms with Crippen molar-refractivity contribution in [1.29, 1.82) is 0 Å². The molecule has 144 valence electrons. The number of anilines is 3. The SMILES string of the molecule is CNc1ccc(Oc2ccnc(NC(=O)CN3CCC[C@H]3CO)c2)cc1N. The molecule has 2 aromatic rings. The van der Waals surface area contributed by atoms with Crippen molar-refractivity contribution >= 4 is 23.1 Å². The molecule has 1 aromatic heterocycles. The van der Waals surface area contributed by atoms with Crippen LogP contribution in [0.3, 0.4) is 0 Å². The molecule has 27 heavy (non-hydrogen) atoms. The zero-order valence-corrected chi connectivity index (χ0v) is 15.3. The Kier molecular flexibility index (Phi) is 6.10. The van der Waals surface area contributed by atoms with Gasteiger partial charge in [0, 0.05) is 31.4 Å². The Morgan fingerprint density at radius 1 is 1.37 bits per heavy atom. The number of likely N-dealkylation sites (tertiary alicyclic amines) is 1. The number of carbonyl (C=O) groups is 1. The van der Waals surface area contributed by atoms with Crippen molar-refractivity contribution in [3.8, 4) is 11.5 Å². The molecular weight excluding hydrogens is 346 g/mol. The minimum absolute atomic E-state index is 0.0596. The molecule has 3 rings (SSSR count). The second-order valence-corrected chi connectivity index (χ2v) is 6.48. The number of amides is 1. The molecule has 1 fully saturated rings. The summed E-state index contributed by atoms with van der Waals surface area (Å²) in [4.78, 5) is 18.4. The fourth-order valence-corrected chi connectivity index (χ4v) is 3.19. The lowest BCUT2D eigenvalue weighted by atomic mass is 10.2. The van der Waals surface area contributed by atoms with E-state index in [9.17, 15) is 9.90 Å². The molecule has 8 heteroatoms. The van der Waals surface area contributed by atoms with Crippen molar-refractivity contribution in [2.24, 2.45) is 0 Å². The molecule has 0 aliphatic carbocycles. The van der Waals surface area contributed by atoms with Crippen molar-refractivity contribution in [3.63, 3.8) is 0 Å². The van der Waals surface area contributed by atoms with Gasteiger partial charge in [0.1, 0.15) is 17.3 Å². The van der Waals surface area contributed by atoms with Crippen LogP contribution in [0.5, 0.6) is 11.5 Å². The highest BCUT2D eigenvalue weighted by atomic mass is 16.5. The Balaban J connectivity index is 1.61. The maximum Gasteiger partial charge on any atom is 0.239 e. The van der Waals surface area contributed by atoms with E-state index in [-0.39, 0.29) is 25.1 Å². The summed E-state index contributed by atoms with van der Waals surface area (Å²) in [6.07, 6.45) is 3.49. The first-order valence-corrected chi connectivity index (χ1v) is 8.95. The maximum absolute atomic E-state index is 12.3. The third kappa shape index (κ3) is 4.87. The monoisotopic (exact) mass is 371 g/mol.